The zero-order valence-corrected chi connectivity index (χ0v) is 15.6. The molecule has 3 aromatic rings. The molecule has 0 spiro atoms. The van der Waals surface area contributed by atoms with Gasteiger partial charge in [0.1, 0.15) is 0 Å². The Labute approximate surface area is 160 Å². The molecule has 6 heteroatoms. The first kappa shape index (κ1) is 16.4. The van der Waals surface area contributed by atoms with E-state index in [2.05, 4.69) is 4.98 Å². The molecule has 5 heterocycles. The van der Waals surface area contributed by atoms with E-state index in [0.29, 0.717) is 19.0 Å². The van der Waals surface area contributed by atoms with Gasteiger partial charge in [-0.3, -0.25) is 14.6 Å². The molecular formula is C21H19N3O2S. The van der Waals surface area contributed by atoms with Crippen molar-refractivity contribution in [1.29, 1.82) is 0 Å². The second-order valence-corrected chi connectivity index (χ2v) is 8.26. The highest BCUT2D eigenvalue weighted by atomic mass is 32.1. The molecule has 2 aliphatic heterocycles. The van der Waals surface area contributed by atoms with Gasteiger partial charge in [-0.2, -0.15) is 0 Å². The molecule has 0 aliphatic carbocycles. The highest BCUT2D eigenvalue weighted by Crippen LogP contribution is 2.40. The zero-order valence-electron chi connectivity index (χ0n) is 14.7. The van der Waals surface area contributed by atoms with Crippen molar-refractivity contribution < 1.29 is 4.79 Å². The van der Waals surface area contributed by atoms with Crippen LogP contribution in [0.4, 0.5) is 0 Å². The molecule has 0 saturated carbocycles. The van der Waals surface area contributed by atoms with Crippen LogP contribution in [0.15, 0.2) is 59.0 Å². The van der Waals surface area contributed by atoms with Crippen LogP contribution >= 0.6 is 11.3 Å². The van der Waals surface area contributed by atoms with Crippen molar-refractivity contribution >= 4 is 17.2 Å². The molecule has 0 radical (unpaired) electrons. The molecule has 1 amide bonds. The van der Waals surface area contributed by atoms with Crippen LogP contribution in [0.5, 0.6) is 0 Å². The largest absolute Gasteiger partial charge is 0.337 e. The van der Waals surface area contributed by atoms with Gasteiger partial charge in [-0.1, -0.05) is 12.1 Å². The highest BCUT2D eigenvalue weighted by Gasteiger charge is 2.38. The first-order chi connectivity index (χ1) is 13.2. The Morgan fingerprint density at radius 3 is 2.81 bits per heavy atom. The van der Waals surface area contributed by atoms with E-state index in [1.807, 2.05) is 51.4 Å². The molecule has 2 bridgehead atoms. The quantitative estimate of drug-likeness (QED) is 0.689. The number of rotatable bonds is 2. The fraction of sp³-hybridized carbons (Fsp3) is 0.286. The summed E-state index contributed by atoms with van der Waals surface area (Å²) in [6.45, 7) is 2.05. The fourth-order valence-corrected chi connectivity index (χ4v) is 5.19. The second kappa shape index (κ2) is 6.46. The fourth-order valence-electron chi connectivity index (χ4n) is 4.50. The minimum atomic E-state index is 0.0466. The molecule has 2 atom stereocenters. The number of pyridine rings is 2. The van der Waals surface area contributed by atoms with Gasteiger partial charge in [0.2, 0.25) is 0 Å². The van der Waals surface area contributed by atoms with E-state index in [1.54, 1.807) is 12.3 Å². The third-order valence-electron chi connectivity index (χ3n) is 5.58. The monoisotopic (exact) mass is 377 g/mol. The molecule has 1 saturated heterocycles. The Hall–Kier alpha value is -2.73. The van der Waals surface area contributed by atoms with Crippen molar-refractivity contribution in [2.75, 3.05) is 13.1 Å². The van der Waals surface area contributed by atoms with Crippen LogP contribution in [0, 0.1) is 5.92 Å². The predicted molar refractivity (Wildman–Crippen MR) is 105 cm³/mol. The van der Waals surface area contributed by atoms with Crippen LogP contribution in [0.2, 0.25) is 0 Å². The number of piperidine rings is 1. The van der Waals surface area contributed by atoms with Gasteiger partial charge in [0.15, 0.2) is 0 Å². The van der Waals surface area contributed by atoms with Crippen molar-refractivity contribution in [3.8, 4) is 11.1 Å². The average molecular weight is 377 g/mol. The highest BCUT2D eigenvalue weighted by molar-refractivity contribution is 7.12. The number of likely N-dealkylation sites (tertiary alicyclic amines) is 1. The number of thiophene rings is 1. The van der Waals surface area contributed by atoms with Gasteiger partial charge >= 0.3 is 0 Å². The second-order valence-electron chi connectivity index (χ2n) is 7.31. The number of nitrogens with zero attached hydrogens (tertiary/aromatic N) is 3. The number of aromatic nitrogens is 2. The van der Waals surface area contributed by atoms with E-state index in [1.165, 1.54) is 11.3 Å². The van der Waals surface area contributed by atoms with Gasteiger partial charge in [-0.15, -0.1) is 11.3 Å². The smallest absolute Gasteiger partial charge is 0.263 e. The Kier molecular flexibility index (Phi) is 3.93. The summed E-state index contributed by atoms with van der Waals surface area (Å²) in [5.74, 6) is 0.599. The summed E-state index contributed by atoms with van der Waals surface area (Å²) in [7, 11) is 0. The van der Waals surface area contributed by atoms with E-state index >= 15 is 0 Å². The standard InChI is InChI=1S/C21H19N3O2S/c25-19-6-5-17(15-3-1-7-22-10-15)20-16-9-14(12-24(19)20)11-23(13-16)21(26)18-4-2-8-27-18/h1-8,10,14,16H,9,11-13H2. The summed E-state index contributed by atoms with van der Waals surface area (Å²) in [6, 6.07) is 11.3. The first-order valence-electron chi connectivity index (χ1n) is 9.17. The SMILES string of the molecule is O=C(c1cccs1)N1CC2CC(C1)c1c(-c3cccnc3)ccc(=O)n1C2. The van der Waals surface area contributed by atoms with E-state index in [4.69, 9.17) is 0 Å². The third kappa shape index (κ3) is 2.80. The van der Waals surface area contributed by atoms with Gasteiger partial charge < -0.3 is 9.47 Å². The van der Waals surface area contributed by atoms with Gasteiger partial charge in [-0.25, -0.2) is 0 Å². The Morgan fingerprint density at radius 2 is 2.04 bits per heavy atom. The van der Waals surface area contributed by atoms with Crippen LogP contribution in [-0.2, 0) is 6.54 Å². The lowest BCUT2D eigenvalue weighted by Gasteiger charge is -2.43. The Bertz CT molecular complexity index is 1040. The molecular weight excluding hydrogens is 358 g/mol. The average Bonchev–Trinajstić information content (AvgIpc) is 3.23. The number of amides is 1. The maximum atomic E-state index is 12.9. The number of fused-ring (bicyclic) bond motifs is 4. The van der Waals surface area contributed by atoms with Gasteiger partial charge in [0.25, 0.3) is 11.5 Å². The lowest BCUT2D eigenvalue weighted by atomic mass is 9.80. The molecule has 2 aliphatic rings. The summed E-state index contributed by atoms with van der Waals surface area (Å²) in [6.07, 6.45) is 4.61. The van der Waals surface area contributed by atoms with Crippen LogP contribution < -0.4 is 5.56 Å². The summed E-state index contributed by atoms with van der Waals surface area (Å²) in [5.41, 5.74) is 3.17. The van der Waals surface area contributed by atoms with Crippen molar-refractivity contribution in [3.05, 3.63) is 75.1 Å². The molecule has 0 aromatic carbocycles. The summed E-state index contributed by atoms with van der Waals surface area (Å²) < 4.78 is 1.92. The number of hydrogen-bond acceptors (Lipinski definition) is 4. The van der Waals surface area contributed by atoms with E-state index < -0.39 is 0 Å². The lowest BCUT2D eigenvalue weighted by Crippen LogP contribution is -2.49. The van der Waals surface area contributed by atoms with Crippen LogP contribution in [0.3, 0.4) is 0 Å². The molecule has 0 N–H and O–H groups in total. The summed E-state index contributed by atoms with van der Waals surface area (Å²) in [4.78, 5) is 32.4. The maximum absolute atomic E-state index is 12.9. The van der Waals surface area contributed by atoms with Crippen LogP contribution in [0.1, 0.15) is 27.7 Å². The Morgan fingerprint density at radius 1 is 1.11 bits per heavy atom. The lowest BCUT2D eigenvalue weighted by molar-refractivity contribution is 0.0600. The van der Waals surface area contributed by atoms with E-state index in [9.17, 15) is 9.59 Å². The van der Waals surface area contributed by atoms with Crippen LogP contribution in [0.25, 0.3) is 11.1 Å². The topological polar surface area (TPSA) is 55.2 Å². The molecule has 5 rings (SSSR count). The van der Waals surface area contributed by atoms with Crippen LogP contribution in [-0.4, -0.2) is 33.4 Å². The molecule has 136 valence electrons. The number of carbonyl (C=O) groups excluding carboxylic acids is 1. The number of carbonyl (C=O) groups is 1. The van der Waals surface area contributed by atoms with Crippen molar-refractivity contribution in [2.45, 2.75) is 18.9 Å². The molecule has 3 aromatic heterocycles. The number of hydrogen-bond donors (Lipinski definition) is 0. The first-order valence-corrected chi connectivity index (χ1v) is 10.1. The predicted octanol–water partition coefficient (Wildman–Crippen LogP) is 3.23. The molecule has 1 fully saturated rings. The van der Waals surface area contributed by atoms with Gasteiger partial charge in [-0.05, 0) is 35.9 Å². The van der Waals surface area contributed by atoms with Crippen molar-refractivity contribution in [2.24, 2.45) is 5.92 Å². The molecule has 27 heavy (non-hydrogen) atoms. The Balaban J connectivity index is 1.57. The zero-order chi connectivity index (χ0) is 18.4. The van der Waals surface area contributed by atoms with Gasteiger partial charge in [0, 0.05) is 60.8 Å². The normalized spacial score (nSPS) is 21.0. The minimum Gasteiger partial charge on any atom is -0.337 e. The molecule has 5 nitrogen and oxygen atoms in total. The van der Waals surface area contributed by atoms with E-state index in [0.717, 1.165) is 34.7 Å². The third-order valence-corrected chi connectivity index (χ3v) is 6.44. The van der Waals surface area contributed by atoms with Crippen molar-refractivity contribution in [1.82, 2.24) is 14.5 Å². The minimum absolute atomic E-state index is 0.0466. The van der Waals surface area contributed by atoms with Crippen molar-refractivity contribution in [3.63, 3.8) is 0 Å². The summed E-state index contributed by atoms with van der Waals surface area (Å²) in [5, 5.41) is 1.94. The van der Waals surface area contributed by atoms with Gasteiger partial charge in [0.05, 0.1) is 4.88 Å². The molecule has 2 unspecified atom stereocenters. The summed E-state index contributed by atoms with van der Waals surface area (Å²) >= 11 is 1.49. The van der Waals surface area contributed by atoms with E-state index in [-0.39, 0.29) is 17.4 Å². The maximum Gasteiger partial charge on any atom is 0.263 e.